The highest BCUT2D eigenvalue weighted by Gasteiger charge is 2.46. The van der Waals surface area contributed by atoms with E-state index >= 15 is 0 Å². The number of carbonyl (C=O) groups excluding carboxylic acids is 2. The highest BCUT2D eigenvalue weighted by molar-refractivity contribution is 6.01. The highest BCUT2D eigenvalue weighted by atomic mass is 16.6. The predicted octanol–water partition coefficient (Wildman–Crippen LogP) is 3.61. The first kappa shape index (κ1) is 20.8. The molecule has 6 nitrogen and oxygen atoms in total. The Balaban J connectivity index is 3.15. The average molecular weight is 352 g/mol. The maximum absolute atomic E-state index is 12.9. The Morgan fingerprint density at radius 1 is 1.00 bits per heavy atom. The van der Waals surface area contributed by atoms with E-state index < -0.39 is 17.4 Å². The van der Waals surface area contributed by atoms with Crippen LogP contribution in [0.25, 0.3) is 0 Å². The first-order valence-electron chi connectivity index (χ1n) is 8.46. The zero-order valence-corrected chi connectivity index (χ0v) is 15.9. The van der Waals surface area contributed by atoms with Crippen LogP contribution in [0.1, 0.15) is 40.5 Å². The lowest BCUT2D eigenvalue weighted by atomic mass is 9.82. The fourth-order valence-electron chi connectivity index (χ4n) is 2.40. The number of carbonyl (C=O) groups is 2. The monoisotopic (exact) mass is 352 g/mol. The second-order valence-corrected chi connectivity index (χ2v) is 6.16. The molecule has 1 rings (SSSR count). The Bertz CT molecular complexity index is 567. The van der Waals surface area contributed by atoms with Gasteiger partial charge in [0.25, 0.3) is 0 Å². The number of hydrogen-bond acceptors (Lipinski definition) is 6. The van der Waals surface area contributed by atoms with Crippen LogP contribution in [-0.4, -0.2) is 32.8 Å². The van der Waals surface area contributed by atoms with Crippen molar-refractivity contribution in [2.75, 3.05) is 20.8 Å². The van der Waals surface area contributed by atoms with Crippen LogP contribution in [0.4, 0.5) is 0 Å². The summed E-state index contributed by atoms with van der Waals surface area (Å²) in [5.41, 5.74) is -1.36. The van der Waals surface area contributed by atoms with E-state index in [0.29, 0.717) is 11.5 Å². The Morgan fingerprint density at radius 2 is 1.52 bits per heavy atom. The van der Waals surface area contributed by atoms with Crippen LogP contribution in [0.2, 0.25) is 0 Å². The van der Waals surface area contributed by atoms with Gasteiger partial charge in [0.2, 0.25) is 5.75 Å². The molecule has 0 unspecified atom stereocenters. The Kier molecular flexibility index (Phi) is 7.74. The van der Waals surface area contributed by atoms with E-state index in [2.05, 4.69) is 0 Å². The van der Waals surface area contributed by atoms with Crippen LogP contribution >= 0.6 is 0 Å². The minimum Gasteiger partial charge on any atom is -0.493 e. The van der Waals surface area contributed by atoms with Gasteiger partial charge >= 0.3 is 11.9 Å². The van der Waals surface area contributed by atoms with Crippen LogP contribution < -0.4 is 14.2 Å². The van der Waals surface area contributed by atoms with Crippen LogP contribution in [-0.2, 0) is 14.3 Å². The summed E-state index contributed by atoms with van der Waals surface area (Å²) in [4.78, 5) is 25.5. The lowest BCUT2D eigenvalue weighted by Crippen LogP contribution is -2.43. The molecule has 0 N–H and O–H groups in total. The fraction of sp³-hybridized carbons (Fsp3) is 0.579. The summed E-state index contributed by atoms with van der Waals surface area (Å²) in [6.07, 6.45) is 0.549. The number of methoxy groups -OCH3 is 2. The van der Waals surface area contributed by atoms with Crippen LogP contribution in [0.3, 0.4) is 0 Å². The first-order valence-corrected chi connectivity index (χ1v) is 8.46. The molecule has 0 radical (unpaired) electrons. The molecule has 25 heavy (non-hydrogen) atoms. The minimum atomic E-state index is -1.36. The number of para-hydroxylation sites is 1. The standard InChI is InChI=1S/C19H28O6/c1-7-19(8-2,17(20)24-12-13(3)4)18(21)25-16-14(22-5)10-9-11-15(16)23-6/h9-11,13H,7-8,12H2,1-6H3. The zero-order chi connectivity index (χ0) is 19.0. The molecule has 0 aliphatic rings. The maximum atomic E-state index is 12.9. The fourth-order valence-corrected chi connectivity index (χ4v) is 2.40. The van der Waals surface area contributed by atoms with Gasteiger partial charge in [0, 0.05) is 0 Å². The van der Waals surface area contributed by atoms with Crippen molar-refractivity contribution in [2.45, 2.75) is 40.5 Å². The van der Waals surface area contributed by atoms with Gasteiger partial charge in [-0.3, -0.25) is 9.59 Å². The number of rotatable bonds is 9. The summed E-state index contributed by atoms with van der Waals surface area (Å²) >= 11 is 0. The minimum absolute atomic E-state index is 0.153. The molecule has 0 spiro atoms. The van der Waals surface area contributed by atoms with Crippen molar-refractivity contribution in [1.29, 1.82) is 0 Å². The Hall–Kier alpha value is -2.24. The summed E-state index contributed by atoms with van der Waals surface area (Å²) in [6, 6.07) is 5.03. The molecular formula is C19H28O6. The molecule has 0 atom stereocenters. The SMILES string of the molecule is CCC(CC)(C(=O)OCC(C)C)C(=O)Oc1c(OC)cccc1OC. The van der Waals surface area contributed by atoms with Crippen molar-refractivity contribution in [2.24, 2.45) is 11.3 Å². The molecule has 1 aromatic rings. The zero-order valence-electron chi connectivity index (χ0n) is 15.9. The summed E-state index contributed by atoms with van der Waals surface area (Å²) in [5.74, 6) is -0.200. The van der Waals surface area contributed by atoms with Crippen LogP contribution in [0.5, 0.6) is 17.2 Å². The molecule has 0 aliphatic heterocycles. The lowest BCUT2D eigenvalue weighted by Gasteiger charge is -2.27. The van der Waals surface area contributed by atoms with E-state index in [1.54, 1.807) is 32.0 Å². The van der Waals surface area contributed by atoms with E-state index in [1.165, 1.54) is 14.2 Å². The van der Waals surface area contributed by atoms with Gasteiger partial charge in [0.15, 0.2) is 16.9 Å². The molecular weight excluding hydrogens is 324 g/mol. The van der Waals surface area contributed by atoms with Gasteiger partial charge in [0.1, 0.15) is 0 Å². The van der Waals surface area contributed by atoms with Crippen LogP contribution in [0, 0.1) is 11.3 Å². The smallest absolute Gasteiger partial charge is 0.329 e. The maximum Gasteiger partial charge on any atom is 0.329 e. The molecule has 0 saturated heterocycles. The predicted molar refractivity (Wildman–Crippen MR) is 94.0 cm³/mol. The van der Waals surface area contributed by atoms with Crippen molar-refractivity contribution in [1.82, 2.24) is 0 Å². The molecule has 0 heterocycles. The quantitative estimate of drug-likeness (QED) is 0.384. The van der Waals surface area contributed by atoms with Gasteiger partial charge in [-0.05, 0) is 30.9 Å². The normalized spacial score (nSPS) is 11.2. The van der Waals surface area contributed by atoms with Crippen molar-refractivity contribution >= 4 is 11.9 Å². The van der Waals surface area contributed by atoms with Crippen molar-refractivity contribution in [3.8, 4) is 17.2 Å². The second-order valence-electron chi connectivity index (χ2n) is 6.16. The van der Waals surface area contributed by atoms with Crippen molar-refractivity contribution in [3.63, 3.8) is 0 Å². The number of hydrogen-bond donors (Lipinski definition) is 0. The molecule has 0 fully saturated rings. The van der Waals surface area contributed by atoms with Crippen LogP contribution in [0.15, 0.2) is 18.2 Å². The first-order chi connectivity index (χ1) is 11.9. The van der Waals surface area contributed by atoms with Crippen molar-refractivity contribution in [3.05, 3.63) is 18.2 Å². The van der Waals surface area contributed by atoms with Gasteiger partial charge in [-0.1, -0.05) is 33.8 Å². The molecule has 6 heteroatoms. The lowest BCUT2D eigenvalue weighted by molar-refractivity contribution is -0.169. The van der Waals surface area contributed by atoms with E-state index in [1.807, 2.05) is 13.8 Å². The topological polar surface area (TPSA) is 71.1 Å². The number of ether oxygens (including phenoxy) is 4. The summed E-state index contributed by atoms with van der Waals surface area (Å²) in [5, 5.41) is 0. The van der Waals surface area contributed by atoms with Gasteiger partial charge in [-0.15, -0.1) is 0 Å². The third-order valence-electron chi connectivity index (χ3n) is 4.11. The van der Waals surface area contributed by atoms with Gasteiger partial charge in [-0.25, -0.2) is 0 Å². The van der Waals surface area contributed by atoms with Gasteiger partial charge < -0.3 is 18.9 Å². The Labute approximate surface area is 149 Å². The second kappa shape index (κ2) is 9.30. The number of benzene rings is 1. The summed E-state index contributed by atoms with van der Waals surface area (Å²) in [6.45, 7) is 7.66. The molecule has 1 aromatic carbocycles. The van der Waals surface area contributed by atoms with E-state index in [-0.39, 0.29) is 31.1 Å². The Morgan fingerprint density at radius 3 is 1.92 bits per heavy atom. The molecule has 0 bridgehead atoms. The third kappa shape index (κ3) is 4.65. The molecule has 0 aromatic heterocycles. The van der Waals surface area contributed by atoms with E-state index in [0.717, 1.165) is 0 Å². The average Bonchev–Trinajstić information content (AvgIpc) is 2.61. The third-order valence-corrected chi connectivity index (χ3v) is 4.11. The molecule has 0 aliphatic carbocycles. The summed E-state index contributed by atoms with van der Waals surface area (Å²) in [7, 11) is 2.94. The molecule has 0 amide bonds. The number of esters is 2. The van der Waals surface area contributed by atoms with E-state index in [4.69, 9.17) is 18.9 Å². The highest BCUT2D eigenvalue weighted by Crippen LogP contribution is 2.39. The molecule has 140 valence electrons. The largest absolute Gasteiger partial charge is 0.493 e. The van der Waals surface area contributed by atoms with Crippen molar-refractivity contribution < 1.29 is 28.5 Å². The van der Waals surface area contributed by atoms with Gasteiger partial charge in [0.05, 0.1) is 20.8 Å². The van der Waals surface area contributed by atoms with E-state index in [9.17, 15) is 9.59 Å². The summed E-state index contributed by atoms with van der Waals surface area (Å²) < 4.78 is 21.3. The van der Waals surface area contributed by atoms with Gasteiger partial charge in [-0.2, -0.15) is 0 Å². The molecule has 0 saturated carbocycles.